The molecule has 0 spiro atoms. The number of piperidine rings is 1. The standard InChI is InChI=1S/C28H34F3N5O3/c29-28(30,31)21-15-33-36(17-21)9-5-24(37)34-10-6-26-7-11-35(16-18-1-2-18)23(27(26,39)8-12-34)14-19-3-4-20(25(32)38)13-22(19)26/h3-4,13,15,17-18,23,39H,1-2,5-12,14,16H2,(H2,32,38). The maximum Gasteiger partial charge on any atom is 0.419 e. The van der Waals surface area contributed by atoms with Gasteiger partial charge in [-0.3, -0.25) is 19.2 Å². The van der Waals surface area contributed by atoms with Crippen LogP contribution in [-0.2, 0) is 29.4 Å². The van der Waals surface area contributed by atoms with Gasteiger partial charge in [-0.05, 0) is 74.2 Å². The van der Waals surface area contributed by atoms with Crippen molar-refractivity contribution in [1.82, 2.24) is 19.6 Å². The van der Waals surface area contributed by atoms with Gasteiger partial charge >= 0.3 is 6.18 Å². The molecule has 3 atom stereocenters. The highest BCUT2D eigenvalue weighted by Crippen LogP contribution is 2.56. The number of alkyl halides is 3. The van der Waals surface area contributed by atoms with Gasteiger partial charge in [0.1, 0.15) is 0 Å². The number of carbonyl (C=O) groups is 2. The number of likely N-dealkylation sites (tertiary alicyclic amines) is 2. The van der Waals surface area contributed by atoms with Crippen LogP contribution < -0.4 is 5.73 Å². The highest BCUT2D eigenvalue weighted by atomic mass is 19.4. The average molecular weight is 546 g/mol. The van der Waals surface area contributed by atoms with E-state index in [1.54, 1.807) is 11.0 Å². The monoisotopic (exact) mass is 545 g/mol. The van der Waals surface area contributed by atoms with Gasteiger partial charge in [0, 0.05) is 55.8 Å². The molecule has 2 aliphatic heterocycles. The summed E-state index contributed by atoms with van der Waals surface area (Å²) in [6.45, 7) is 2.64. The smallest absolute Gasteiger partial charge is 0.387 e. The minimum absolute atomic E-state index is 0.0179. The molecule has 1 aromatic carbocycles. The maximum absolute atomic E-state index is 13.2. The van der Waals surface area contributed by atoms with E-state index in [2.05, 4.69) is 10.00 Å². The van der Waals surface area contributed by atoms with Crippen molar-refractivity contribution in [3.63, 3.8) is 0 Å². The van der Waals surface area contributed by atoms with E-state index in [0.717, 1.165) is 47.7 Å². The molecule has 6 rings (SSSR count). The predicted octanol–water partition coefficient (Wildman–Crippen LogP) is 2.72. The van der Waals surface area contributed by atoms with Gasteiger partial charge in [-0.1, -0.05) is 6.07 Å². The molecular formula is C28H34F3N5O3. The first-order valence-electron chi connectivity index (χ1n) is 13.8. The normalized spacial score (nSPS) is 28.9. The molecule has 8 nitrogen and oxygen atoms in total. The Labute approximate surface area is 224 Å². The number of amides is 2. The van der Waals surface area contributed by atoms with Gasteiger partial charge in [0.15, 0.2) is 0 Å². The van der Waals surface area contributed by atoms with Crippen LogP contribution in [-0.4, -0.2) is 74.3 Å². The third-order valence-corrected chi connectivity index (χ3v) is 9.60. The number of nitrogens with zero attached hydrogens (tertiary/aromatic N) is 4. The van der Waals surface area contributed by atoms with Crippen LogP contribution in [0.1, 0.15) is 65.6 Å². The molecule has 1 aromatic heterocycles. The molecule has 11 heteroatoms. The van der Waals surface area contributed by atoms with Crippen LogP contribution in [0.5, 0.6) is 0 Å². The van der Waals surface area contributed by atoms with Crippen molar-refractivity contribution < 1.29 is 27.9 Å². The Morgan fingerprint density at radius 1 is 1.13 bits per heavy atom. The van der Waals surface area contributed by atoms with Crippen LogP contribution in [0.3, 0.4) is 0 Å². The van der Waals surface area contributed by atoms with Crippen LogP contribution >= 0.6 is 0 Å². The molecule has 210 valence electrons. The Kier molecular flexibility index (Phi) is 6.29. The lowest BCUT2D eigenvalue weighted by molar-refractivity contribution is -0.149. The van der Waals surface area contributed by atoms with Gasteiger partial charge < -0.3 is 15.7 Å². The number of benzene rings is 1. The lowest BCUT2D eigenvalue weighted by Gasteiger charge is -2.61. The fourth-order valence-corrected chi connectivity index (χ4v) is 7.28. The molecule has 2 saturated heterocycles. The number of hydrogen-bond acceptors (Lipinski definition) is 5. The van der Waals surface area contributed by atoms with Gasteiger partial charge in [0.2, 0.25) is 11.8 Å². The predicted molar refractivity (Wildman–Crippen MR) is 136 cm³/mol. The van der Waals surface area contributed by atoms with Crippen LogP contribution in [0.25, 0.3) is 0 Å². The summed E-state index contributed by atoms with van der Waals surface area (Å²) in [6.07, 6.45) is 1.98. The molecule has 0 radical (unpaired) electrons. The van der Waals surface area contributed by atoms with Gasteiger partial charge in [-0.2, -0.15) is 18.3 Å². The van der Waals surface area contributed by atoms with Crippen molar-refractivity contribution in [2.45, 2.75) is 74.7 Å². The molecular weight excluding hydrogens is 511 g/mol. The Morgan fingerprint density at radius 3 is 2.56 bits per heavy atom. The molecule has 3 N–H and O–H groups in total. The van der Waals surface area contributed by atoms with Crippen LogP contribution in [0.4, 0.5) is 13.2 Å². The van der Waals surface area contributed by atoms with E-state index in [1.165, 1.54) is 12.8 Å². The Bertz CT molecular complexity index is 1290. The number of nitrogens with two attached hydrogens (primary N) is 1. The van der Waals surface area contributed by atoms with E-state index in [-0.39, 0.29) is 24.9 Å². The van der Waals surface area contributed by atoms with Crippen LogP contribution in [0, 0.1) is 5.92 Å². The summed E-state index contributed by atoms with van der Waals surface area (Å²) >= 11 is 0. The third-order valence-electron chi connectivity index (χ3n) is 9.60. The van der Waals surface area contributed by atoms with Gasteiger partial charge in [-0.15, -0.1) is 0 Å². The molecule has 2 aromatic rings. The van der Waals surface area contributed by atoms with E-state index in [4.69, 9.17) is 5.73 Å². The number of hydrogen-bond donors (Lipinski definition) is 2. The van der Waals surface area contributed by atoms with Crippen molar-refractivity contribution in [2.75, 3.05) is 26.2 Å². The van der Waals surface area contributed by atoms with E-state index < -0.39 is 28.7 Å². The number of aromatic nitrogens is 2. The zero-order valence-electron chi connectivity index (χ0n) is 21.8. The highest BCUT2D eigenvalue weighted by molar-refractivity contribution is 5.93. The highest BCUT2D eigenvalue weighted by Gasteiger charge is 2.63. The minimum atomic E-state index is -4.48. The maximum atomic E-state index is 13.2. The van der Waals surface area contributed by atoms with Gasteiger partial charge in [0.25, 0.3) is 0 Å². The third kappa shape index (κ3) is 4.53. The Morgan fingerprint density at radius 2 is 1.87 bits per heavy atom. The second kappa shape index (κ2) is 9.33. The zero-order valence-corrected chi connectivity index (χ0v) is 21.8. The van der Waals surface area contributed by atoms with Crippen molar-refractivity contribution >= 4 is 11.8 Å². The van der Waals surface area contributed by atoms with Crippen LogP contribution in [0.2, 0.25) is 0 Å². The van der Waals surface area contributed by atoms with E-state index >= 15 is 0 Å². The SMILES string of the molecule is NC(=O)c1ccc2c(c1)C13CCN(C(=O)CCn4cc(C(F)(F)F)cn4)CCC1(O)C(C2)N(CC1CC1)CC3. The van der Waals surface area contributed by atoms with Crippen molar-refractivity contribution in [2.24, 2.45) is 11.7 Å². The fraction of sp³-hybridized carbons (Fsp3) is 0.607. The molecule has 3 fully saturated rings. The first-order valence-corrected chi connectivity index (χ1v) is 13.8. The van der Waals surface area contributed by atoms with Gasteiger partial charge in [-0.25, -0.2) is 0 Å². The quantitative estimate of drug-likeness (QED) is 0.581. The lowest BCUT2D eigenvalue weighted by atomic mass is 9.52. The molecule has 39 heavy (non-hydrogen) atoms. The summed E-state index contributed by atoms with van der Waals surface area (Å²) in [7, 11) is 0. The lowest BCUT2D eigenvalue weighted by Crippen LogP contribution is -2.71. The number of aliphatic hydroxyl groups is 1. The number of carbonyl (C=O) groups excluding carboxylic acids is 2. The molecule has 2 bridgehead atoms. The van der Waals surface area contributed by atoms with E-state index in [0.29, 0.717) is 43.8 Å². The van der Waals surface area contributed by atoms with Crippen molar-refractivity contribution in [3.05, 3.63) is 52.8 Å². The number of aryl methyl sites for hydroxylation is 1. The van der Waals surface area contributed by atoms with Crippen molar-refractivity contribution in [1.29, 1.82) is 0 Å². The van der Waals surface area contributed by atoms with E-state index in [9.17, 15) is 27.9 Å². The van der Waals surface area contributed by atoms with E-state index in [1.807, 2.05) is 12.1 Å². The minimum Gasteiger partial charge on any atom is -0.387 e. The first-order chi connectivity index (χ1) is 18.5. The summed E-state index contributed by atoms with van der Waals surface area (Å²) < 4.78 is 39.9. The molecule has 1 saturated carbocycles. The Hall–Kier alpha value is -2.92. The summed E-state index contributed by atoms with van der Waals surface area (Å²) in [4.78, 5) is 29.5. The molecule has 2 amide bonds. The topological polar surface area (TPSA) is 105 Å². The zero-order chi connectivity index (χ0) is 27.6. The number of rotatable bonds is 6. The largest absolute Gasteiger partial charge is 0.419 e. The number of primary amides is 1. The number of halogens is 3. The molecule has 3 unspecified atom stereocenters. The summed E-state index contributed by atoms with van der Waals surface area (Å²) in [5.41, 5.74) is 5.59. The second-order valence-corrected chi connectivity index (χ2v) is 11.8. The Balaban J connectivity index is 1.26. The summed E-state index contributed by atoms with van der Waals surface area (Å²) in [5, 5.41) is 16.3. The molecule has 4 aliphatic rings. The van der Waals surface area contributed by atoms with Crippen molar-refractivity contribution in [3.8, 4) is 0 Å². The molecule has 3 heterocycles. The van der Waals surface area contributed by atoms with Gasteiger partial charge in [0.05, 0.1) is 17.4 Å². The fourth-order valence-electron chi connectivity index (χ4n) is 7.28. The first kappa shape index (κ1) is 26.3. The summed E-state index contributed by atoms with van der Waals surface area (Å²) in [5.74, 6) is -0.0132. The molecule has 2 aliphatic carbocycles. The number of fused-ring (bicyclic) bond motifs is 1. The average Bonchev–Trinajstić information content (AvgIpc) is 3.60. The summed E-state index contributed by atoms with van der Waals surface area (Å²) in [6, 6.07) is 5.49. The van der Waals surface area contributed by atoms with Crippen LogP contribution in [0.15, 0.2) is 30.6 Å². The second-order valence-electron chi connectivity index (χ2n) is 11.8.